The predicted molar refractivity (Wildman–Crippen MR) is 46.4 cm³/mol. The van der Waals surface area contributed by atoms with Crippen LogP contribution in [0.2, 0.25) is 0 Å². The van der Waals surface area contributed by atoms with Crippen LogP contribution in [0.3, 0.4) is 0 Å². The molecule has 58 valence electrons. The van der Waals surface area contributed by atoms with Crippen molar-refractivity contribution in [1.29, 1.82) is 0 Å². The maximum Gasteiger partial charge on any atom is 0.0320 e. The second-order valence-corrected chi connectivity index (χ2v) is 3.06. The van der Waals surface area contributed by atoms with Crippen LogP contribution < -0.4 is 5.32 Å². The van der Waals surface area contributed by atoms with E-state index in [4.69, 9.17) is 0 Å². The van der Waals surface area contributed by atoms with Gasteiger partial charge in [0.2, 0.25) is 0 Å². The summed E-state index contributed by atoms with van der Waals surface area (Å²) in [5.74, 6) is 0. The molecule has 1 nitrogen and oxygen atoms in total. The molecule has 2 rings (SSSR count). The molecule has 0 aromatic heterocycles. The predicted octanol–water partition coefficient (Wildman–Crippen LogP) is 2.11. The van der Waals surface area contributed by atoms with Crippen LogP contribution in [0.5, 0.6) is 0 Å². The second-order valence-electron chi connectivity index (χ2n) is 3.06. The molecule has 1 aromatic carbocycles. The molecule has 1 fully saturated rings. The zero-order chi connectivity index (χ0) is 7.52. The molecule has 11 heavy (non-hydrogen) atoms. The van der Waals surface area contributed by atoms with Gasteiger partial charge >= 0.3 is 0 Å². The minimum Gasteiger partial charge on any atom is -0.310 e. The Morgan fingerprint density at radius 2 is 2.00 bits per heavy atom. The molecule has 1 aromatic rings. The van der Waals surface area contributed by atoms with Crippen LogP contribution in [-0.2, 0) is 0 Å². The fourth-order valence-electron chi connectivity index (χ4n) is 1.65. The van der Waals surface area contributed by atoms with Gasteiger partial charge in [-0.2, -0.15) is 0 Å². The third-order valence-corrected chi connectivity index (χ3v) is 2.26. The van der Waals surface area contributed by atoms with Gasteiger partial charge in [-0.05, 0) is 24.9 Å². The van der Waals surface area contributed by atoms with Gasteiger partial charge in [-0.25, -0.2) is 0 Å². The first kappa shape index (κ1) is 6.86. The highest BCUT2D eigenvalue weighted by atomic mass is 14.9. The van der Waals surface area contributed by atoms with E-state index in [9.17, 15) is 0 Å². The van der Waals surface area contributed by atoms with Crippen LogP contribution in [0.25, 0.3) is 0 Å². The molecule has 1 atom stereocenters. The summed E-state index contributed by atoms with van der Waals surface area (Å²) in [5, 5.41) is 3.47. The lowest BCUT2D eigenvalue weighted by atomic mass is 10.1. The number of benzene rings is 1. The van der Waals surface area contributed by atoms with Crippen molar-refractivity contribution in [3.63, 3.8) is 0 Å². The minimum absolute atomic E-state index is 0.621. The molecule has 1 aliphatic heterocycles. The Labute approximate surface area is 67.4 Å². The first-order valence-corrected chi connectivity index (χ1v) is 4.25. The lowest BCUT2D eigenvalue weighted by Crippen LogP contribution is -2.12. The van der Waals surface area contributed by atoms with Crippen LogP contribution in [0, 0.1) is 0 Å². The molecule has 0 bridgehead atoms. The van der Waals surface area contributed by atoms with E-state index in [-0.39, 0.29) is 0 Å². The molecule has 1 heterocycles. The van der Waals surface area contributed by atoms with E-state index < -0.39 is 0 Å². The zero-order valence-electron chi connectivity index (χ0n) is 6.59. The lowest BCUT2D eigenvalue weighted by Gasteiger charge is -2.08. The maximum atomic E-state index is 3.47. The highest BCUT2D eigenvalue weighted by molar-refractivity contribution is 5.19. The van der Waals surface area contributed by atoms with Crippen molar-refractivity contribution in [2.75, 3.05) is 6.54 Å². The molecule has 1 aliphatic rings. The van der Waals surface area contributed by atoms with Crippen molar-refractivity contribution < 1.29 is 0 Å². The van der Waals surface area contributed by atoms with Gasteiger partial charge < -0.3 is 5.32 Å². The van der Waals surface area contributed by atoms with Crippen molar-refractivity contribution in [3.8, 4) is 0 Å². The first-order valence-electron chi connectivity index (χ1n) is 4.25. The monoisotopic (exact) mass is 147 g/mol. The largest absolute Gasteiger partial charge is 0.310 e. The zero-order valence-corrected chi connectivity index (χ0v) is 6.59. The lowest BCUT2D eigenvalue weighted by molar-refractivity contribution is 0.648. The van der Waals surface area contributed by atoms with E-state index in [1.165, 1.54) is 24.9 Å². The van der Waals surface area contributed by atoms with Crippen molar-refractivity contribution in [2.45, 2.75) is 18.9 Å². The van der Waals surface area contributed by atoms with Crippen molar-refractivity contribution in [2.24, 2.45) is 0 Å². The summed E-state index contributed by atoms with van der Waals surface area (Å²) < 4.78 is 0. The van der Waals surface area contributed by atoms with Crippen LogP contribution >= 0.6 is 0 Å². The Morgan fingerprint density at radius 3 is 2.64 bits per heavy atom. The van der Waals surface area contributed by atoms with Gasteiger partial charge in [0.25, 0.3) is 0 Å². The number of hydrogen-bond acceptors (Lipinski definition) is 1. The van der Waals surface area contributed by atoms with E-state index in [0.717, 1.165) is 0 Å². The van der Waals surface area contributed by atoms with E-state index >= 15 is 0 Å². The quantitative estimate of drug-likeness (QED) is 0.641. The Hall–Kier alpha value is -0.820. The molecular weight excluding hydrogens is 134 g/mol. The summed E-state index contributed by atoms with van der Waals surface area (Å²) in [4.78, 5) is 0. The summed E-state index contributed by atoms with van der Waals surface area (Å²) in [7, 11) is 0. The van der Waals surface area contributed by atoms with Crippen LogP contribution in [0.15, 0.2) is 30.3 Å². The van der Waals surface area contributed by atoms with Gasteiger partial charge in [0, 0.05) is 6.04 Å². The molecule has 1 saturated heterocycles. The van der Waals surface area contributed by atoms with E-state index in [2.05, 4.69) is 35.6 Å². The van der Waals surface area contributed by atoms with Crippen LogP contribution in [0.1, 0.15) is 24.4 Å². The van der Waals surface area contributed by atoms with Crippen molar-refractivity contribution >= 4 is 0 Å². The van der Waals surface area contributed by atoms with E-state index in [1.807, 2.05) is 0 Å². The molecule has 1 heteroatoms. The Kier molecular flexibility index (Phi) is 1.91. The molecule has 1 N–H and O–H groups in total. The smallest absolute Gasteiger partial charge is 0.0320 e. The Balaban J connectivity index is 2.16. The topological polar surface area (TPSA) is 12.0 Å². The van der Waals surface area contributed by atoms with Gasteiger partial charge in [0.05, 0.1) is 0 Å². The summed E-state index contributed by atoms with van der Waals surface area (Å²) in [6.45, 7) is 1.18. The normalized spacial score (nSPS) is 23.8. The third kappa shape index (κ3) is 1.43. The van der Waals surface area contributed by atoms with Gasteiger partial charge in [0.15, 0.2) is 0 Å². The number of hydrogen-bond donors (Lipinski definition) is 1. The molecular formula is C10H13N. The van der Waals surface area contributed by atoms with Gasteiger partial charge in [-0.1, -0.05) is 30.3 Å². The average molecular weight is 147 g/mol. The number of rotatable bonds is 1. The van der Waals surface area contributed by atoms with Gasteiger partial charge in [0.1, 0.15) is 0 Å². The molecule has 0 radical (unpaired) electrons. The fraction of sp³-hybridized carbons (Fsp3) is 0.400. The molecule has 0 spiro atoms. The summed E-state index contributed by atoms with van der Waals surface area (Å²) in [5.41, 5.74) is 1.44. The first-order chi connectivity index (χ1) is 5.47. The summed E-state index contributed by atoms with van der Waals surface area (Å²) in [6, 6.07) is 11.3. The van der Waals surface area contributed by atoms with Crippen molar-refractivity contribution in [3.05, 3.63) is 35.9 Å². The third-order valence-electron chi connectivity index (χ3n) is 2.26. The molecule has 0 unspecified atom stereocenters. The highest BCUT2D eigenvalue weighted by Gasteiger charge is 2.14. The Bertz CT molecular complexity index is 212. The van der Waals surface area contributed by atoms with Gasteiger partial charge in [-0.15, -0.1) is 0 Å². The SMILES string of the molecule is c1ccc([C@H]2CCCN2)cc1. The average Bonchev–Trinajstić information content (AvgIpc) is 2.58. The minimum atomic E-state index is 0.621. The van der Waals surface area contributed by atoms with Crippen LogP contribution in [0.4, 0.5) is 0 Å². The second kappa shape index (κ2) is 3.05. The number of nitrogens with one attached hydrogen (secondary N) is 1. The highest BCUT2D eigenvalue weighted by Crippen LogP contribution is 2.21. The Morgan fingerprint density at radius 1 is 1.18 bits per heavy atom. The van der Waals surface area contributed by atoms with E-state index in [0.29, 0.717) is 6.04 Å². The summed E-state index contributed by atoms with van der Waals surface area (Å²) in [6.07, 6.45) is 2.61. The fourth-order valence-corrected chi connectivity index (χ4v) is 1.65. The summed E-state index contributed by atoms with van der Waals surface area (Å²) >= 11 is 0. The van der Waals surface area contributed by atoms with Gasteiger partial charge in [-0.3, -0.25) is 0 Å². The maximum absolute atomic E-state index is 3.47. The van der Waals surface area contributed by atoms with E-state index in [1.54, 1.807) is 0 Å². The molecule has 0 saturated carbocycles. The van der Waals surface area contributed by atoms with Crippen molar-refractivity contribution in [1.82, 2.24) is 5.32 Å². The van der Waals surface area contributed by atoms with Crippen LogP contribution in [-0.4, -0.2) is 6.54 Å². The molecule has 0 amide bonds. The molecule has 0 aliphatic carbocycles. The standard InChI is InChI=1S/C10H13N/c1-2-5-9(6-3-1)10-7-4-8-11-10/h1-3,5-6,10-11H,4,7-8H2/t10-/m1/s1.